The minimum atomic E-state index is -0.340. The highest BCUT2D eigenvalue weighted by atomic mass is 32.1. The maximum Gasteiger partial charge on any atom is 0.419 e. The minimum Gasteiger partial charge on any atom is -0.408 e. The largest absolute Gasteiger partial charge is 0.419 e. The second kappa shape index (κ2) is 3.99. The number of rotatable bonds is 2. The third kappa shape index (κ3) is 1.76. The standard InChI is InChI=1S/C11H14N2O2S/c1-12(2)10(16)7-4-5-9-8(6-7)13(3)11(14)15-9/h4-6,10,16H,1-3H3. The summed E-state index contributed by atoms with van der Waals surface area (Å²) >= 11 is 4.49. The first-order chi connectivity index (χ1) is 7.50. The van der Waals surface area contributed by atoms with Gasteiger partial charge in [-0.15, -0.1) is 0 Å². The average Bonchev–Trinajstić information content (AvgIpc) is 2.53. The zero-order valence-corrected chi connectivity index (χ0v) is 10.4. The van der Waals surface area contributed by atoms with Gasteiger partial charge in [0.05, 0.1) is 10.9 Å². The quantitative estimate of drug-likeness (QED) is 0.638. The molecule has 0 saturated carbocycles. The highest BCUT2D eigenvalue weighted by Gasteiger charge is 2.12. The lowest BCUT2D eigenvalue weighted by molar-refractivity contribution is 0.394. The Morgan fingerprint density at radius 3 is 2.75 bits per heavy atom. The number of benzene rings is 1. The molecule has 2 aromatic rings. The van der Waals surface area contributed by atoms with E-state index in [1.54, 1.807) is 13.1 Å². The van der Waals surface area contributed by atoms with E-state index < -0.39 is 0 Å². The lowest BCUT2D eigenvalue weighted by atomic mass is 10.2. The summed E-state index contributed by atoms with van der Waals surface area (Å²) in [4.78, 5) is 13.3. The van der Waals surface area contributed by atoms with Crippen molar-refractivity contribution in [3.8, 4) is 0 Å². The fourth-order valence-corrected chi connectivity index (χ4v) is 1.76. The van der Waals surface area contributed by atoms with Crippen LogP contribution in [-0.4, -0.2) is 23.6 Å². The van der Waals surface area contributed by atoms with Gasteiger partial charge in [-0.25, -0.2) is 4.79 Å². The van der Waals surface area contributed by atoms with E-state index >= 15 is 0 Å². The van der Waals surface area contributed by atoms with Crippen LogP contribution in [0.3, 0.4) is 0 Å². The number of aryl methyl sites for hydroxylation is 1. The Bertz CT molecular complexity index is 571. The average molecular weight is 238 g/mol. The predicted octanol–water partition coefficient (Wildman–Crippen LogP) is 1.62. The number of hydrogen-bond acceptors (Lipinski definition) is 4. The van der Waals surface area contributed by atoms with Gasteiger partial charge in [0.25, 0.3) is 0 Å². The van der Waals surface area contributed by atoms with Crippen LogP contribution in [0.4, 0.5) is 0 Å². The Hall–Kier alpha value is -1.20. The van der Waals surface area contributed by atoms with Crippen LogP contribution in [-0.2, 0) is 7.05 Å². The molecule has 1 heterocycles. The topological polar surface area (TPSA) is 38.4 Å². The molecule has 0 N–H and O–H groups in total. The van der Waals surface area contributed by atoms with Gasteiger partial charge in [0.1, 0.15) is 0 Å². The Morgan fingerprint density at radius 1 is 1.44 bits per heavy atom. The number of fused-ring (bicyclic) bond motifs is 1. The number of aromatic nitrogens is 1. The molecule has 4 nitrogen and oxygen atoms in total. The molecule has 0 fully saturated rings. The van der Waals surface area contributed by atoms with E-state index in [2.05, 4.69) is 12.6 Å². The van der Waals surface area contributed by atoms with Crippen molar-refractivity contribution in [2.45, 2.75) is 5.37 Å². The van der Waals surface area contributed by atoms with Gasteiger partial charge in [0.15, 0.2) is 5.58 Å². The van der Waals surface area contributed by atoms with Crippen molar-refractivity contribution >= 4 is 23.7 Å². The van der Waals surface area contributed by atoms with Gasteiger partial charge in [-0.3, -0.25) is 9.47 Å². The number of hydrogen-bond donors (Lipinski definition) is 1. The van der Waals surface area contributed by atoms with Crippen LogP contribution in [0, 0.1) is 0 Å². The van der Waals surface area contributed by atoms with Gasteiger partial charge >= 0.3 is 5.76 Å². The molecule has 0 aliphatic rings. The summed E-state index contributed by atoms with van der Waals surface area (Å²) in [6.45, 7) is 0. The zero-order chi connectivity index (χ0) is 11.9. The first-order valence-electron chi connectivity index (χ1n) is 4.94. The highest BCUT2D eigenvalue weighted by molar-refractivity contribution is 7.80. The lowest BCUT2D eigenvalue weighted by Crippen LogP contribution is -2.15. The molecule has 1 atom stereocenters. The summed E-state index contributed by atoms with van der Waals surface area (Å²) in [6, 6.07) is 5.65. The summed E-state index contributed by atoms with van der Waals surface area (Å²) in [5.74, 6) is -0.340. The molecule has 86 valence electrons. The van der Waals surface area contributed by atoms with E-state index in [4.69, 9.17) is 4.42 Å². The molecule has 5 heteroatoms. The predicted molar refractivity (Wildman–Crippen MR) is 66.9 cm³/mol. The molecule has 0 aliphatic carbocycles. The maximum absolute atomic E-state index is 11.3. The third-order valence-corrected chi connectivity index (χ3v) is 3.36. The van der Waals surface area contributed by atoms with Crippen molar-refractivity contribution in [3.63, 3.8) is 0 Å². The molecule has 0 saturated heterocycles. The molecule has 0 amide bonds. The Morgan fingerprint density at radius 2 is 2.12 bits per heavy atom. The molecule has 0 radical (unpaired) electrons. The van der Waals surface area contributed by atoms with Crippen LogP contribution in [0.1, 0.15) is 10.9 Å². The fourth-order valence-electron chi connectivity index (χ4n) is 1.60. The molecule has 2 rings (SSSR count). The van der Waals surface area contributed by atoms with Gasteiger partial charge in [0, 0.05) is 7.05 Å². The van der Waals surface area contributed by atoms with Gasteiger partial charge in [0.2, 0.25) is 0 Å². The van der Waals surface area contributed by atoms with Gasteiger partial charge in [-0.1, -0.05) is 6.07 Å². The molecule has 0 bridgehead atoms. The van der Waals surface area contributed by atoms with E-state index in [9.17, 15) is 4.79 Å². The first kappa shape index (κ1) is 11.3. The van der Waals surface area contributed by atoms with Crippen molar-refractivity contribution in [2.75, 3.05) is 14.1 Å². The highest BCUT2D eigenvalue weighted by Crippen LogP contribution is 2.25. The van der Waals surface area contributed by atoms with E-state index in [0.717, 1.165) is 11.1 Å². The molecule has 1 aromatic heterocycles. The van der Waals surface area contributed by atoms with Crippen LogP contribution < -0.4 is 5.76 Å². The Labute approximate surface area is 98.9 Å². The molecule has 1 unspecified atom stereocenters. The number of thiol groups is 1. The molecule has 0 spiro atoms. The van der Waals surface area contributed by atoms with Crippen molar-refractivity contribution < 1.29 is 4.42 Å². The Balaban J connectivity index is 2.59. The van der Waals surface area contributed by atoms with Gasteiger partial charge < -0.3 is 4.42 Å². The summed E-state index contributed by atoms with van der Waals surface area (Å²) in [5, 5.41) is 0.00871. The first-order valence-corrected chi connectivity index (χ1v) is 5.46. The molecule has 1 aromatic carbocycles. The molecular formula is C11H14N2O2S. The van der Waals surface area contributed by atoms with Crippen LogP contribution >= 0.6 is 12.6 Å². The van der Waals surface area contributed by atoms with Gasteiger partial charge in [-0.05, 0) is 31.8 Å². The summed E-state index contributed by atoms with van der Waals surface area (Å²) in [6.07, 6.45) is 0. The molecular weight excluding hydrogens is 224 g/mol. The van der Waals surface area contributed by atoms with Crippen molar-refractivity contribution in [3.05, 3.63) is 34.3 Å². The van der Waals surface area contributed by atoms with Gasteiger partial charge in [-0.2, -0.15) is 12.6 Å². The van der Waals surface area contributed by atoms with Crippen LogP contribution in [0.5, 0.6) is 0 Å². The van der Waals surface area contributed by atoms with E-state index in [1.165, 1.54) is 4.57 Å². The van der Waals surface area contributed by atoms with Crippen molar-refractivity contribution in [1.82, 2.24) is 9.47 Å². The molecule has 16 heavy (non-hydrogen) atoms. The smallest absolute Gasteiger partial charge is 0.408 e. The second-order valence-electron chi connectivity index (χ2n) is 3.99. The SMILES string of the molecule is CN(C)C(S)c1ccc2oc(=O)n(C)c2c1. The van der Waals surface area contributed by atoms with Crippen molar-refractivity contribution in [1.29, 1.82) is 0 Å². The summed E-state index contributed by atoms with van der Waals surface area (Å²) in [7, 11) is 5.60. The maximum atomic E-state index is 11.3. The second-order valence-corrected chi connectivity index (χ2v) is 4.48. The van der Waals surface area contributed by atoms with Crippen LogP contribution in [0.15, 0.2) is 27.4 Å². The van der Waals surface area contributed by atoms with Crippen LogP contribution in [0.25, 0.3) is 11.1 Å². The van der Waals surface area contributed by atoms with E-state index in [-0.39, 0.29) is 11.1 Å². The number of oxazole rings is 1. The molecule has 0 aliphatic heterocycles. The van der Waals surface area contributed by atoms with Crippen molar-refractivity contribution in [2.24, 2.45) is 7.05 Å². The Kier molecular flexibility index (Phi) is 2.82. The zero-order valence-electron chi connectivity index (χ0n) is 9.47. The third-order valence-electron chi connectivity index (χ3n) is 2.60. The lowest BCUT2D eigenvalue weighted by Gasteiger charge is -2.18. The monoisotopic (exact) mass is 238 g/mol. The van der Waals surface area contributed by atoms with Crippen LogP contribution in [0.2, 0.25) is 0 Å². The number of nitrogens with zero attached hydrogens (tertiary/aromatic N) is 2. The minimum absolute atomic E-state index is 0.00871. The fraction of sp³-hybridized carbons (Fsp3) is 0.364. The summed E-state index contributed by atoms with van der Waals surface area (Å²) in [5.41, 5.74) is 2.44. The van der Waals surface area contributed by atoms with E-state index in [0.29, 0.717) is 5.58 Å². The summed E-state index contributed by atoms with van der Waals surface area (Å²) < 4.78 is 6.56. The normalized spacial score (nSPS) is 13.6. The van der Waals surface area contributed by atoms with E-state index in [1.807, 2.05) is 31.1 Å².